The van der Waals surface area contributed by atoms with Crippen LogP contribution in [-0.4, -0.2) is 47.5 Å². The molecule has 1 aliphatic heterocycles. The van der Waals surface area contributed by atoms with Crippen LogP contribution in [0.3, 0.4) is 0 Å². The highest BCUT2D eigenvalue weighted by Crippen LogP contribution is 2.19. The van der Waals surface area contributed by atoms with Crippen molar-refractivity contribution in [2.24, 2.45) is 0 Å². The molecule has 5 nitrogen and oxygen atoms in total. The van der Waals surface area contributed by atoms with Gasteiger partial charge < -0.3 is 10.4 Å². The van der Waals surface area contributed by atoms with Gasteiger partial charge in [-0.2, -0.15) is 11.8 Å². The van der Waals surface area contributed by atoms with Crippen LogP contribution < -0.4 is 10.2 Å². The van der Waals surface area contributed by atoms with Gasteiger partial charge in [0.2, 0.25) is 0 Å². The molecule has 3 N–H and O–H groups in total. The van der Waals surface area contributed by atoms with Crippen LogP contribution in [-0.2, 0) is 11.3 Å². The Kier molecular flexibility index (Phi) is 7.64. The van der Waals surface area contributed by atoms with Gasteiger partial charge in [-0.25, -0.2) is 9.18 Å². The third-order valence-electron chi connectivity index (χ3n) is 3.61. The van der Waals surface area contributed by atoms with E-state index >= 15 is 0 Å². The summed E-state index contributed by atoms with van der Waals surface area (Å²) in [6.45, 7) is 4.46. The molecule has 1 saturated heterocycles. The fraction of sp³-hybridized carbons (Fsp3) is 0.533. The average Bonchev–Trinajstić information content (AvgIpc) is 2.45. The molecule has 1 aromatic carbocycles. The number of benzene rings is 1. The zero-order chi connectivity index (χ0) is 16.7. The number of carboxylic acids is 1. The highest BCUT2D eigenvalue weighted by atomic mass is 32.2. The number of aromatic carboxylic acids is 1. The highest BCUT2D eigenvalue weighted by Gasteiger charge is 2.17. The maximum atomic E-state index is 13.5. The Morgan fingerprint density at radius 1 is 1.48 bits per heavy atom. The first kappa shape index (κ1) is 18.5. The molecule has 0 atom stereocenters. The Labute approximate surface area is 143 Å². The Balaban J connectivity index is 1.62. The number of aryl methyl sites for hydroxylation is 1. The molecule has 0 spiro atoms. The Morgan fingerprint density at radius 3 is 2.91 bits per heavy atom. The van der Waals surface area contributed by atoms with E-state index in [2.05, 4.69) is 10.2 Å². The lowest BCUT2D eigenvalue weighted by molar-refractivity contribution is 0.0691. The summed E-state index contributed by atoms with van der Waals surface area (Å²) in [6.07, 6.45) is 0.649. The molecule has 1 heterocycles. The van der Waals surface area contributed by atoms with Crippen molar-refractivity contribution in [2.45, 2.75) is 18.6 Å². The summed E-state index contributed by atoms with van der Waals surface area (Å²) in [5.41, 5.74) is 1.09. The van der Waals surface area contributed by atoms with E-state index < -0.39 is 11.8 Å². The maximum absolute atomic E-state index is 13.5. The van der Waals surface area contributed by atoms with E-state index in [1.807, 2.05) is 11.8 Å². The van der Waals surface area contributed by atoms with E-state index in [0.717, 1.165) is 29.7 Å². The van der Waals surface area contributed by atoms with Crippen LogP contribution in [0.5, 0.6) is 0 Å². The van der Waals surface area contributed by atoms with Crippen LogP contribution in [0.4, 0.5) is 4.39 Å². The number of carboxylic acid groups (broad SMARTS) is 1. The molecule has 8 heteroatoms. The topological polar surface area (TPSA) is 70.6 Å². The highest BCUT2D eigenvalue weighted by molar-refractivity contribution is 8.00. The molecule has 2 rings (SSSR count). The van der Waals surface area contributed by atoms with Crippen molar-refractivity contribution in [1.29, 1.82) is 0 Å². The average molecular weight is 360 g/mol. The molecule has 1 aromatic rings. The van der Waals surface area contributed by atoms with Crippen molar-refractivity contribution in [2.75, 3.05) is 31.2 Å². The van der Waals surface area contributed by atoms with Crippen molar-refractivity contribution in [1.82, 2.24) is 10.2 Å². The normalized spacial score (nSPS) is 14.7. The van der Waals surface area contributed by atoms with Gasteiger partial charge in [0, 0.05) is 29.8 Å². The van der Waals surface area contributed by atoms with E-state index in [1.54, 1.807) is 13.0 Å². The SMILES string of the molecule is Cc1c(CCSNOCCSC2CNC2)ccc(F)c1C(=O)O. The van der Waals surface area contributed by atoms with Crippen molar-refractivity contribution >= 4 is 29.7 Å². The quantitative estimate of drug-likeness (QED) is 0.336. The summed E-state index contributed by atoms with van der Waals surface area (Å²) in [5, 5.41) is 13.0. The summed E-state index contributed by atoms with van der Waals surface area (Å²) in [6, 6.07) is 2.86. The van der Waals surface area contributed by atoms with E-state index in [9.17, 15) is 9.18 Å². The van der Waals surface area contributed by atoms with Crippen LogP contribution in [0.2, 0.25) is 0 Å². The van der Waals surface area contributed by atoms with Gasteiger partial charge in [-0.05, 0) is 30.5 Å². The zero-order valence-corrected chi connectivity index (χ0v) is 14.6. The van der Waals surface area contributed by atoms with Gasteiger partial charge in [-0.15, -0.1) is 4.89 Å². The van der Waals surface area contributed by atoms with Gasteiger partial charge in [0.1, 0.15) is 5.82 Å². The number of thioether (sulfide) groups is 1. The molecule has 0 aliphatic carbocycles. The van der Waals surface area contributed by atoms with Crippen LogP contribution in [0, 0.1) is 12.7 Å². The number of hydrogen-bond donors (Lipinski definition) is 3. The summed E-state index contributed by atoms with van der Waals surface area (Å²) >= 11 is 3.32. The minimum atomic E-state index is -1.23. The van der Waals surface area contributed by atoms with E-state index in [-0.39, 0.29) is 5.56 Å². The lowest BCUT2D eigenvalue weighted by Gasteiger charge is -2.26. The maximum Gasteiger partial charge on any atom is 0.338 e. The summed E-state index contributed by atoms with van der Waals surface area (Å²) < 4.78 is 13.5. The van der Waals surface area contributed by atoms with Gasteiger partial charge in [0.05, 0.1) is 12.2 Å². The molecule has 0 unspecified atom stereocenters. The summed E-state index contributed by atoms with van der Waals surface area (Å²) in [4.78, 5) is 19.2. The Hall–Kier alpha value is -0.800. The van der Waals surface area contributed by atoms with E-state index in [4.69, 9.17) is 9.94 Å². The van der Waals surface area contributed by atoms with Crippen LogP contribution in [0.25, 0.3) is 0 Å². The fourth-order valence-corrected chi connectivity index (χ4v) is 3.73. The first-order valence-electron chi connectivity index (χ1n) is 7.41. The third kappa shape index (κ3) is 5.65. The largest absolute Gasteiger partial charge is 0.478 e. The second-order valence-corrected chi connectivity index (χ2v) is 7.46. The Morgan fingerprint density at radius 2 is 2.26 bits per heavy atom. The second kappa shape index (κ2) is 9.48. The molecule has 1 fully saturated rings. The second-order valence-electron chi connectivity index (χ2n) is 5.19. The summed E-state index contributed by atoms with van der Waals surface area (Å²) in [5.74, 6) is -0.244. The molecule has 23 heavy (non-hydrogen) atoms. The summed E-state index contributed by atoms with van der Waals surface area (Å²) in [7, 11) is 0. The van der Waals surface area contributed by atoms with E-state index in [1.165, 1.54) is 18.0 Å². The fourth-order valence-electron chi connectivity index (χ4n) is 2.18. The molecule has 0 aromatic heterocycles. The molecular formula is C15H21FN2O3S2. The molecule has 0 amide bonds. The molecule has 0 bridgehead atoms. The van der Waals surface area contributed by atoms with Gasteiger partial charge >= 0.3 is 5.97 Å². The van der Waals surface area contributed by atoms with Gasteiger partial charge in [-0.3, -0.25) is 4.84 Å². The van der Waals surface area contributed by atoms with Crippen LogP contribution >= 0.6 is 23.7 Å². The van der Waals surface area contributed by atoms with Crippen molar-refractivity contribution in [3.63, 3.8) is 0 Å². The number of nitrogens with one attached hydrogen (secondary N) is 2. The van der Waals surface area contributed by atoms with Crippen molar-refractivity contribution < 1.29 is 19.1 Å². The number of rotatable bonds is 10. The molecule has 0 radical (unpaired) electrons. The predicted octanol–water partition coefficient (Wildman–Crippen LogP) is 2.25. The minimum Gasteiger partial charge on any atom is -0.478 e. The predicted molar refractivity (Wildman–Crippen MR) is 92.5 cm³/mol. The van der Waals surface area contributed by atoms with E-state index in [0.29, 0.717) is 24.3 Å². The lowest BCUT2D eigenvalue weighted by atomic mass is 10.00. The standard InChI is InChI=1S/C15H21FN2O3S2/c1-10-11(2-3-13(16)14(10)15(19)20)4-6-23-18-21-5-7-22-12-8-17-9-12/h2-3,12,17-18H,4-9H2,1H3,(H,19,20). The first-order chi connectivity index (χ1) is 11.1. The molecular weight excluding hydrogens is 339 g/mol. The monoisotopic (exact) mass is 360 g/mol. The van der Waals surface area contributed by atoms with Gasteiger partial charge in [-0.1, -0.05) is 18.0 Å². The third-order valence-corrected chi connectivity index (χ3v) is 5.47. The zero-order valence-electron chi connectivity index (χ0n) is 12.9. The Bertz CT molecular complexity index is 542. The smallest absolute Gasteiger partial charge is 0.338 e. The number of carbonyl (C=O) groups is 1. The number of hydrogen-bond acceptors (Lipinski definition) is 6. The lowest BCUT2D eigenvalue weighted by Crippen LogP contribution is -2.44. The first-order valence-corrected chi connectivity index (χ1v) is 9.45. The molecule has 128 valence electrons. The molecule has 0 saturated carbocycles. The number of halogens is 1. The minimum absolute atomic E-state index is 0.237. The molecule has 1 aliphatic rings. The van der Waals surface area contributed by atoms with Crippen molar-refractivity contribution in [3.05, 3.63) is 34.6 Å². The van der Waals surface area contributed by atoms with Crippen LogP contribution in [0.15, 0.2) is 12.1 Å². The van der Waals surface area contributed by atoms with Gasteiger partial charge in [0.25, 0.3) is 0 Å². The van der Waals surface area contributed by atoms with Crippen LogP contribution in [0.1, 0.15) is 21.5 Å². The van der Waals surface area contributed by atoms with Crippen molar-refractivity contribution in [3.8, 4) is 0 Å². The van der Waals surface area contributed by atoms with Gasteiger partial charge in [0.15, 0.2) is 0 Å².